The van der Waals surface area contributed by atoms with Crippen molar-refractivity contribution in [2.75, 3.05) is 25.0 Å². The number of amides is 2. The number of aromatic nitrogens is 1. The number of halogens is 5. The van der Waals surface area contributed by atoms with Crippen LogP contribution in [-0.4, -0.2) is 53.7 Å². The molecule has 0 atom stereocenters. The summed E-state index contributed by atoms with van der Waals surface area (Å²) in [7, 11) is 0. The van der Waals surface area contributed by atoms with Crippen LogP contribution in [0.15, 0.2) is 36.5 Å². The molecule has 0 spiro atoms. The molecule has 1 heterocycles. The second-order valence-electron chi connectivity index (χ2n) is 6.36. The van der Waals surface area contributed by atoms with Gasteiger partial charge in [-0.05, 0) is 38.1 Å². The fraction of sp³-hybridized carbons (Fsp3) is 0.350. The van der Waals surface area contributed by atoms with Crippen LogP contribution in [0, 0.1) is 0 Å². The Morgan fingerprint density at radius 2 is 1.87 bits per heavy atom. The molecule has 0 unspecified atom stereocenters. The summed E-state index contributed by atoms with van der Waals surface area (Å²) in [6.45, 7) is 3.20. The van der Waals surface area contributed by atoms with Gasteiger partial charge in [0.2, 0.25) is 5.88 Å². The van der Waals surface area contributed by atoms with Gasteiger partial charge in [0.1, 0.15) is 0 Å². The lowest BCUT2D eigenvalue weighted by Gasteiger charge is -2.19. The smallest absolute Gasteiger partial charge is 0.340 e. The van der Waals surface area contributed by atoms with Crippen LogP contribution in [0.1, 0.15) is 34.6 Å². The Labute approximate surface area is 181 Å². The number of hydrogen-bond acceptors (Lipinski definition) is 4. The standard InChI is InChI=1S/C20H20ClF4N3O3/c1-3-28(4-2)18(30)14-7-6-13(9-15(14)21)27-17(29)12-5-8-16(26-10-12)31-11-20(24,25)19(22)23/h5-10,19H,3-4,11H2,1-2H3,(H,27,29). The van der Waals surface area contributed by atoms with Crippen molar-refractivity contribution in [3.63, 3.8) is 0 Å². The number of nitrogens with zero attached hydrogens (tertiary/aromatic N) is 2. The van der Waals surface area contributed by atoms with Gasteiger partial charge in [0.05, 0.1) is 16.1 Å². The van der Waals surface area contributed by atoms with Gasteiger partial charge in [-0.3, -0.25) is 9.59 Å². The highest BCUT2D eigenvalue weighted by atomic mass is 35.5. The molecule has 168 valence electrons. The quantitative estimate of drug-likeness (QED) is 0.547. The third kappa shape index (κ3) is 6.30. The first-order chi connectivity index (χ1) is 14.6. The highest BCUT2D eigenvalue weighted by Gasteiger charge is 2.41. The normalized spacial score (nSPS) is 11.4. The van der Waals surface area contributed by atoms with Gasteiger partial charge >= 0.3 is 12.3 Å². The van der Waals surface area contributed by atoms with Gasteiger partial charge in [-0.15, -0.1) is 0 Å². The van der Waals surface area contributed by atoms with Crippen LogP contribution in [-0.2, 0) is 0 Å². The van der Waals surface area contributed by atoms with Crippen molar-refractivity contribution in [2.24, 2.45) is 0 Å². The van der Waals surface area contributed by atoms with Crippen LogP contribution in [0.25, 0.3) is 0 Å². The first kappa shape index (κ1) is 24.4. The number of rotatable bonds is 9. The van der Waals surface area contributed by atoms with Crippen molar-refractivity contribution < 1.29 is 31.9 Å². The number of pyridine rings is 1. The lowest BCUT2D eigenvalue weighted by molar-refractivity contribution is -0.148. The number of alkyl halides is 4. The molecule has 0 fully saturated rings. The maximum absolute atomic E-state index is 12.9. The second-order valence-corrected chi connectivity index (χ2v) is 6.77. The number of carbonyl (C=O) groups is 2. The number of nitrogens with one attached hydrogen (secondary N) is 1. The molecule has 0 aliphatic heterocycles. The summed E-state index contributed by atoms with van der Waals surface area (Å²) in [5.74, 6) is -5.46. The molecule has 31 heavy (non-hydrogen) atoms. The Kier molecular flexibility index (Phi) is 8.21. The van der Waals surface area contributed by atoms with E-state index in [1.54, 1.807) is 4.90 Å². The van der Waals surface area contributed by atoms with E-state index in [4.69, 9.17) is 11.6 Å². The lowest BCUT2D eigenvalue weighted by Crippen LogP contribution is -2.33. The summed E-state index contributed by atoms with van der Waals surface area (Å²) < 4.78 is 54.6. The van der Waals surface area contributed by atoms with Crippen LogP contribution in [0.5, 0.6) is 5.88 Å². The summed E-state index contributed by atoms with van der Waals surface area (Å²) in [5.41, 5.74) is 0.683. The van der Waals surface area contributed by atoms with Crippen molar-refractivity contribution in [3.8, 4) is 5.88 Å². The summed E-state index contributed by atoms with van der Waals surface area (Å²) >= 11 is 6.18. The van der Waals surface area contributed by atoms with E-state index in [2.05, 4.69) is 15.0 Å². The summed E-state index contributed by atoms with van der Waals surface area (Å²) in [5, 5.41) is 2.73. The minimum Gasteiger partial charge on any atom is -0.471 e. The van der Waals surface area contributed by atoms with Gasteiger partial charge in [0.25, 0.3) is 11.8 Å². The molecule has 1 N–H and O–H groups in total. The Hall–Kier alpha value is -2.88. The summed E-state index contributed by atoms with van der Waals surface area (Å²) in [6.07, 6.45) is -2.82. The fourth-order valence-corrected chi connectivity index (χ4v) is 2.75. The van der Waals surface area contributed by atoms with Crippen LogP contribution in [0.4, 0.5) is 23.2 Å². The zero-order valence-electron chi connectivity index (χ0n) is 16.7. The Morgan fingerprint density at radius 3 is 2.39 bits per heavy atom. The van der Waals surface area contributed by atoms with Gasteiger partial charge in [0.15, 0.2) is 6.61 Å². The Bertz CT molecular complexity index is 922. The van der Waals surface area contributed by atoms with Gasteiger partial charge in [-0.25, -0.2) is 13.8 Å². The highest BCUT2D eigenvalue weighted by molar-refractivity contribution is 6.34. The summed E-state index contributed by atoms with van der Waals surface area (Å²) in [6, 6.07) is 6.77. The van der Waals surface area contributed by atoms with Crippen LogP contribution in [0.2, 0.25) is 5.02 Å². The number of anilines is 1. The van der Waals surface area contributed by atoms with Crippen LogP contribution in [0.3, 0.4) is 0 Å². The molecular formula is C20H20ClF4N3O3. The van der Waals surface area contributed by atoms with Gasteiger partial charge in [-0.1, -0.05) is 11.6 Å². The molecule has 2 aromatic rings. The number of ether oxygens (including phenoxy) is 1. The molecule has 0 saturated carbocycles. The topological polar surface area (TPSA) is 71.5 Å². The van der Waals surface area contributed by atoms with Crippen molar-refractivity contribution in [3.05, 3.63) is 52.7 Å². The van der Waals surface area contributed by atoms with Gasteiger partial charge in [0, 0.05) is 31.0 Å². The molecule has 0 aliphatic rings. The van der Waals surface area contributed by atoms with E-state index in [0.29, 0.717) is 24.3 Å². The first-order valence-electron chi connectivity index (χ1n) is 9.24. The molecule has 0 saturated heterocycles. The molecule has 1 aromatic heterocycles. The highest BCUT2D eigenvalue weighted by Crippen LogP contribution is 2.25. The average molecular weight is 462 g/mol. The maximum Gasteiger partial charge on any atom is 0.340 e. The minimum absolute atomic E-state index is 0.0624. The molecule has 2 amide bonds. The maximum atomic E-state index is 12.9. The number of carbonyl (C=O) groups excluding carboxylic acids is 2. The van der Waals surface area contributed by atoms with Crippen molar-refractivity contribution in [2.45, 2.75) is 26.2 Å². The molecule has 1 aromatic carbocycles. The molecule has 2 rings (SSSR count). The predicted octanol–water partition coefficient (Wildman–Crippen LogP) is 4.75. The monoisotopic (exact) mass is 461 g/mol. The Morgan fingerprint density at radius 1 is 1.19 bits per heavy atom. The summed E-state index contributed by atoms with van der Waals surface area (Å²) in [4.78, 5) is 30.0. The number of benzene rings is 1. The van der Waals surface area contributed by atoms with E-state index in [1.165, 1.54) is 24.3 Å². The molecule has 11 heteroatoms. The van der Waals surface area contributed by atoms with Gasteiger partial charge < -0.3 is 15.0 Å². The van der Waals surface area contributed by atoms with E-state index in [0.717, 1.165) is 12.3 Å². The van der Waals surface area contributed by atoms with Crippen molar-refractivity contribution >= 4 is 29.1 Å². The van der Waals surface area contributed by atoms with Gasteiger partial charge in [-0.2, -0.15) is 8.78 Å². The molecular weight excluding hydrogens is 442 g/mol. The minimum atomic E-state index is -4.31. The Balaban J connectivity index is 2.03. The molecule has 0 aliphatic carbocycles. The number of hydrogen-bond donors (Lipinski definition) is 1. The molecule has 0 radical (unpaired) electrons. The lowest BCUT2D eigenvalue weighted by atomic mass is 10.1. The van der Waals surface area contributed by atoms with Crippen molar-refractivity contribution in [1.29, 1.82) is 0 Å². The molecule has 0 bridgehead atoms. The fourth-order valence-electron chi connectivity index (χ4n) is 2.48. The third-order valence-corrected chi connectivity index (χ3v) is 4.55. The van der Waals surface area contributed by atoms with E-state index >= 15 is 0 Å². The van der Waals surface area contributed by atoms with E-state index < -0.39 is 24.9 Å². The molecule has 6 nitrogen and oxygen atoms in total. The SMILES string of the molecule is CCN(CC)C(=O)c1ccc(NC(=O)c2ccc(OCC(F)(F)C(F)F)nc2)cc1Cl. The predicted molar refractivity (Wildman–Crippen MR) is 107 cm³/mol. The van der Waals surface area contributed by atoms with Crippen LogP contribution >= 0.6 is 11.6 Å². The largest absolute Gasteiger partial charge is 0.471 e. The van der Waals surface area contributed by atoms with E-state index in [9.17, 15) is 27.2 Å². The van der Waals surface area contributed by atoms with E-state index in [1.807, 2.05) is 13.8 Å². The zero-order chi connectivity index (χ0) is 23.2. The zero-order valence-corrected chi connectivity index (χ0v) is 17.4. The average Bonchev–Trinajstić information content (AvgIpc) is 2.73. The van der Waals surface area contributed by atoms with E-state index in [-0.39, 0.29) is 22.4 Å². The van der Waals surface area contributed by atoms with Crippen molar-refractivity contribution in [1.82, 2.24) is 9.88 Å². The second kappa shape index (κ2) is 10.4. The van der Waals surface area contributed by atoms with Crippen LogP contribution < -0.4 is 10.1 Å². The third-order valence-electron chi connectivity index (χ3n) is 4.24. The first-order valence-corrected chi connectivity index (χ1v) is 9.61.